The van der Waals surface area contributed by atoms with Gasteiger partial charge in [-0.3, -0.25) is 4.79 Å². The molecule has 1 saturated heterocycles. The summed E-state index contributed by atoms with van der Waals surface area (Å²) in [4.78, 5) is 23.5. The van der Waals surface area contributed by atoms with Crippen molar-refractivity contribution in [2.24, 2.45) is 5.73 Å². The van der Waals surface area contributed by atoms with Gasteiger partial charge in [0.1, 0.15) is 5.82 Å². The molecular weight excluding hydrogens is 340 g/mol. The first-order valence-electron chi connectivity index (χ1n) is 9.64. The molecule has 7 heteroatoms. The average Bonchev–Trinajstić information content (AvgIpc) is 2.73. The Hall–Kier alpha value is -2.51. The molecule has 2 aromatic rings. The minimum atomic E-state index is -0.427. The third-order valence-electron chi connectivity index (χ3n) is 5.39. The summed E-state index contributed by atoms with van der Waals surface area (Å²) in [5, 5.41) is 6.98. The second kappa shape index (κ2) is 7.62. The summed E-state index contributed by atoms with van der Waals surface area (Å²) in [5.41, 5.74) is 9.08. The molecule has 1 fully saturated rings. The number of nitrogens with zero attached hydrogens (tertiary/aromatic N) is 3. The number of aromatic nitrogens is 2. The van der Waals surface area contributed by atoms with Crippen LogP contribution in [-0.2, 0) is 13.0 Å². The number of nitrogens with one attached hydrogen (secondary N) is 2. The summed E-state index contributed by atoms with van der Waals surface area (Å²) in [5.74, 6) is 1.34. The predicted molar refractivity (Wildman–Crippen MR) is 106 cm³/mol. The molecule has 0 radical (unpaired) electrons. The van der Waals surface area contributed by atoms with Gasteiger partial charge in [0.15, 0.2) is 5.82 Å². The third kappa shape index (κ3) is 3.65. The predicted octanol–water partition coefficient (Wildman–Crippen LogP) is 1.08. The number of carbonyl (C=O) groups is 1. The lowest BCUT2D eigenvalue weighted by atomic mass is 10.0. The molecule has 0 unspecified atom stereocenters. The van der Waals surface area contributed by atoms with Crippen LogP contribution in [0, 0.1) is 0 Å². The Balaban J connectivity index is 1.74. The van der Waals surface area contributed by atoms with Crippen LogP contribution >= 0.6 is 0 Å². The number of piperazine rings is 1. The van der Waals surface area contributed by atoms with Gasteiger partial charge in [0, 0.05) is 48.9 Å². The van der Waals surface area contributed by atoms with Crippen LogP contribution < -0.4 is 21.3 Å². The average molecular weight is 366 g/mol. The molecular formula is C20H26N6O. The van der Waals surface area contributed by atoms with E-state index < -0.39 is 5.91 Å². The number of primary amides is 1. The quantitative estimate of drug-likeness (QED) is 0.749. The summed E-state index contributed by atoms with van der Waals surface area (Å²) < 4.78 is 0. The van der Waals surface area contributed by atoms with Gasteiger partial charge in [0.05, 0.1) is 5.69 Å². The lowest BCUT2D eigenvalue weighted by Gasteiger charge is -2.36. The van der Waals surface area contributed by atoms with Gasteiger partial charge in [-0.15, -0.1) is 0 Å². The van der Waals surface area contributed by atoms with Crippen molar-refractivity contribution in [3.05, 3.63) is 41.1 Å². The molecule has 27 heavy (non-hydrogen) atoms. The maximum absolute atomic E-state index is 11.3. The van der Waals surface area contributed by atoms with E-state index in [9.17, 15) is 4.79 Å². The molecule has 142 valence electrons. The van der Waals surface area contributed by atoms with Crippen LogP contribution in [0.25, 0.3) is 11.4 Å². The van der Waals surface area contributed by atoms with Crippen LogP contribution in [0.4, 0.5) is 5.82 Å². The van der Waals surface area contributed by atoms with E-state index >= 15 is 0 Å². The van der Waals surface area contributed by atoms with Gasteiger partial charge < -0.3 is 21.3 Å². The molecule has 3 heterocycles. The van der Waals surface area contributed by atoms with Crippen molar-refractivity contribution in [1.29, 1.82) is 0 Å². The van der Waals surface area contributed by atoms with Crippen LogP contribution in [0.3, 0.4) is 0 Å². The lowest BCUT2D eigenvalue weighted by Crippen LogP contribution is -2.51. The molecule has 4 rings (SSSR count). The topological polar surface area (TPSA) is 96.2 Å². The van der Waals surface area contributed by atoms with Gasteiger partial charge in [-0.05, 0) is 31.5 Å². The number of rotatable bonds is 4. The van der Waals surface area contributed by atoms with Crippen molar-refractivity contribution in [2.45, 2.75) is 32.4 Å². The molecule has 7 nitrogen and oxygen atoms in total. The Morgan fingerprint density at radius 1 is 1.26 bits per heavy atom. The Morgan fingerprint density at radius 3 is 2.81 bits per heavy atom. The molecule has 0 saturated carbocycles. The lowest BCUT2D eigenvalue weighted by molar-refractivity contribution is 0.100. The first-order valence-corrected chi connectivity index (χ1v) is 9.64. The van der Waals surface area contributed by atoms with E-state index in [1.54, 1.807) is 12.1 Å². The molecule has 4 N–H and O–H groups in total. The van der Waals surface area contributed by atoms with E-state index in [1.807, 2.05) is 12.1 Å². The van der Waals surface area contributed by atoms with Crippen molar-refractivity contribution in [2.75, 3.05) is 31.1 Å². The van der Waals surface area contributed by atoms with Crippen molar-refractivity contribution in [3.63, 3.8) is 0 Å². The molecule has 2 aliphatic heterocycles. The van der Waals surface area contributed by atoms with E-state index in [2.05, 4.69) is 22.5 Å². The van der Waals surface area contributed by atoms with Gasteiger partial charge in [0.2, 0.25) is 5.91 Å². The Bertz CT molecular complexity index is 835. The summed E-state index contributed by atoms with van der Waals surface area (Å²) >= 11 is 0. The number of hydrogen-bond acceptors (Lipinski definition) is 6. The maximum atomic E-state index is 11.3. The van der Waals surface area contributed by atoms with Crippen LogP contribution in [0.2, 0.25) is 0 Å². The highest BCUT2D eigenvalue weighted by molar-refractivity contribution is 5.93. The number of carbonyl (C=O) groups excluding carboxylic acids is 1. The number of benzene rings is 1. The number of nitrogens with two attached hydrogens (primary N) is 1. The zero-order chi connectivity index (χ0) is 18.8. The zero-order valence-electron chi connectivity index (χ0n) is 15.7. The smallest absolute Gasteiger partial charge is 0.248 e. The fourth-order valence-corrected chi connectivity index (χ4v) is 3.81. The number of anilines is 1. The minimum absolute atomic E-state index is 0.427. The fourth-order valence-electron chi connectivity index (χ4n) is 3.81. The van der Waals surface area contributed by atoms with E-state index in [4.69, 9.17) is 15.7 Å². The van der Waals surface area contributed by atoms with Crippen molar-refractivity contribution >= 4 is 11.7 Å². The van der Waals surface area contributed by atoms with E-state index in [0.29, 0.717) is 17.4 Å². The minimum Gasteiger partial charge on any atom is -0.366 e. The number of fused-ring (bicyclic) bond motifs is 1. The summed E-state index contributed by atoms with van der Waals surface area (Å²) in [6.45, 7) is 6.82. The summed E-state index contributed by atoms with van der Waals surface area (Å²) in [7, 11) is 0. The van der Waals surface area contributed by atoms with E-state index in [-0.39, 0.29) is 0 Å². The van der Waals surface area contributed by atoms with Gasteiger partial charge in [-0.1, -0.05) is 19.1 Å². The molecule has 1 atom stereocenters. The monoisotopic (exact) mass is 366 g/mol. The molecule has 0 aliphatic carbocycles. The van der Waals surface area contributed by atoms with Crippen molar-refractivity contribution < 1.29 is 4.79 Å². The van der Waals surface area contributed by atoms with E-state index in [1.165, 1.54) is 5.56 Å². The highest BCUT2D eigenvalue weighted by Crippen LogP contribution is 2.28. The van der Waals surface area contributed by atoms with Crippen LogP contribution in [0.5, 0.6) is 0 Å². The SMILES string of the molecule is CC[C@H]1CN(c2nc(-c3ccc(C(N)=O)cc3)nc3c2CCNC3)CCN1. The summed E-state index contributed by atoms with van der Waals surface area (Å²) in [6, 6.07) is 7.69. The highest BCUT2D eigenvalue weighted by Gasteiger charge is 2.25. The van der Waals surface area contributed by atoms with Crippen molar-refractivity contribution in [1.82, 2.24) is 20.6 Å². The van der Waals surface area contributed by atoms with Gasteiger partial charge in [-0.2, -0.15) is 0 Å². The standard InChI is InChI=1S/C20H26N6O/c1-2-15-12-26(10-9-23-15)20-16-7-8-22-11-17(16)24-19(25-20)14-5-3-13(4-6-14)18(21)27/h3-6,15,22-23H,2,7-12H2,1H3,(H2,21,27)/t15-/m0/s1. The molecule has 2 aliphatic rings. The molecule has 1 aromatic heterocycles. The molecule has 1 amide bonds. The van der Waals surface area contributed by atoms with Crippen molar-refractivity contribution in [3.8, 4) is 11.4 Å². The maximum Gasteiger partial charge on any atom is 0.248 e. The first-order chi connectivity index (χ1) is 13.2. The van der Waals surface area contributed by atoms with Crippen LogP contribution in [-0.4, -0.2) is 48.1 Å². The molecule has 0 bridgehead atoms. The number of amides is 1. The molecule has 1 aromatic carbocycles. The molecule has 0 spiro atoms. The Morgan fingerprint density at radius 2 is 2.07 bits per heavy atom. The first kappa shape index (κ1) is 17.9. The fraction of sp³-hybridized carbons (Fsp3) is 0.450. The largest absolute Gasteiger partial charge is 0.366 e. The highest BCUT2D eigenvalue weighted by atomic mass is 16.1. The normalized spacial score (nSPS) is 19.6. The summed E-state index contributed by atoms with van der Waals surface area (Å²) in [6.07, 6.45) is 2.05. The van der Waals surface area contributed by atoms with Crippen LogP contribution in [0.1, 0.15) is 35.0 Å². The van der Waals surface area contributed by atoms with Gasteiger partial charge >= 0.3 is 0 Å². The van der Waals surface area contributed by atoms with Gasteiger partial charge in [-0.25, -0.2) is 9.97 Å². The zero-order valence-corrected chi connectivity index (χ0v) is 15.7. The third-order valence-corrected chi connectivity index (χ3v) is 5.39. The number of hydrogen-bond donors (Lipinski definition) is 3. The Kier molecular flexibility index (Phi) is 5.05. The second-order valence-corrected chi connectivity index (χ2v) is 7.17. The van der Waals surface area contributed by atoms with E-state index in [0.717, 1.165) is 62.6 Å². The van der Waals surface area contributed by atoms with Gasteiger partial charge in [0.25, 0.3) is 0 Å². The second-order valence-electron chi connectivity index (χ2n) is 7.17. The Labute approximate surface area is 159 Å². The van der Waals surface area contributed by atoms with Crippen LogP contribution in [0.15, 0.2) is 24.3 Å².